The van der Waals surface area contributed by atoms with Crippen molar-refractivity contribution in [3.8, 4) is 0 Å². The highest BCUT2D eigenvalue weighted by molar-refractivity contribution is 5.69. The van der Waals surface area contributed by atoms with Gasteiger partial charge in [0.2, 0.25) is 6.41 Å². The molecule has 70 valence electrons. The van der Waals surface area contributed by atoms with Gasteiger partial charge in [-0.25, -0.2) is 4.57 Å². The van der Waals surface area contributed by atoms with Gasteiger partial charge < -0.3 is 10.4 Å². The number of rotatable bonds is 5. The summed E-state index contributed by atoms with van der Waals surface area (Å²) in [5.74, 6) is 0. The van der Waals surface area contributed by atoms with E-state index in [0.717, 1.165) is 18.7 Å². The zero-order chi connectivity index (χ0) is 9.52. The number of anilines is 1. The Labute approximate surface area is 76.8 Å². The summed E-state index contributed by atoms with van der Waals surface area (Å²) in [5, 5.41) is 11.2. The first-order valence-corrected chi connectivity index (χ1v) is 4.17. The summed E-state index contributed by atoms with van der Waals surface area (Å²) in [4.78, 5) is 10.1. The molecule has 0 aliphatic rings. The second-order valence-electron chi connectivity index (χ2n) is 2.67. The molecule has 4 heteroatoms. The minimum atomic E-state index is 0.179. The lowest BCUT2D eigenvalue weighted by molar-refractivity contribution is -0.696. The van der Waals surface area contributed by atoms with E-state index in [0.29, 0.717) is 6.41 Å². The summed E-state index contributed by atoms with van der Waals surface area (Å²) in [5.41, 5.74) is 0.760. The molecule has 0 unspecified atom stereocenters. The number of nitrogens with one attached hydrogen (secondary N) is 1. The number of pyridine rings is 1. The standard InChI is InChI=1S/C9H12N2O2/c12-6-2-5-11-4-1-3-9(7-11)10-8-13/h1,3-4,7-8,12H,2,5-6H2/p+1. The molecule has 0 fully saturated rings. The number of amides is 1. The first kappa shape index (κ1) is 9.67. The van der Waals surface area contributed by atoms with Crippen LogP contribution in [0.5, 0.6) is 0 Å². The van der Waals surface area contributed by atoms with Gasteiger partial charge in [-0.1, -0.05) is 0 Å². The van der Waals surface area contributed by atoms with Gasteiger partial charge in [0.05, 0.1) is 0 Å². The molecule has 1 aromatic rings. The number of carbonyl (C=O) groups excluding carboxylic acids is 1. The number of nitrogens with zero attached hydrogens (tertiary/aromatic N) is 1. The summed E-state index contributed by atoms with van der Waals surface area (Å²) >= 11 is 0. The lowest BCUT2D eigenvalue weighted by Crippen LogP contribution is -2.33. The monoisotopic (exact) mass is 181 g/mol. The van der Waals surface area contributed by atoms with Crippen LogP contribution in [0.3, 0.4) is 0 Å². The first-order chi connectivity index (χ1) is 6.36. The molecule has 1 amide bonds. The van der Waals surface area contributed by atoms with Crippen molar-refractivity contribution in [2.24, 2.45) is 0 Å². The minimum Gasteiger partial charge on any atom is -0.396 e. The quantitative estimate of drug-likeness (QED) is 0.493. The average molecular weight is 181 g/mol. The topological polar surface area (TPSA) is 53.2 Å². The third-order valence-electron chi connectivity index (χ3n) is 1.66. The fourth-order valence-electron chi connectivity index (χ4n) is 1.07. The van der Waals surface area contributed by atoms with Crippen LogP contribution in [-0.2, 0) is 11.3 Å². The molecule has 0 atom stereocenters. The Balaban J connectivity index is 2.61. The fraction of sp³-hybridized carbons (Fsp3) is 0.333. The largest absolute Gasteiger partial charge is 0.396 e. The van der Waals surface area contributed by atoms with Crippen LogP contribution in [0.15, 0.2) is 24.5 Å². The van der Waals surface area contributed by atoms with Crippen molar-refractivity contribution in [2.45, 2.75) is 13.0 Å². The lowest BCUT2D eigenvalue weighted by atomic mass is 10.4. The van der Waals surface area contributed by atoms with Gasteiger partial charge in [0, 0.05) is 19.1 Å². The van der Waals surface area contributed by atoms with Crippen LogP contribution in [0.1, 0.15) is 6.42 Å². The molecule has 0 spiro atoms. The summed E-state index contributed by atoms with van der Waals surface area (Å²) in [6, 6.07) is 3.66. The molecular formula is C9H13N2O2+. The number of aryl methyl sites for hydroxylation is 1. The number of aromatic nitrogens is 1. The van der Waals surface area contributed by atoms with Crippen LogP contribution < -0.4 is 9.88 Å². The van der Waals surface area contributed by atoms with E-state index >= 15 is 0 Å². The molecule has 0 aliphatic heterocycles. The highest BCUT2D eigenvalue weighted by atomic mass is 16.3. The van der Waals surface area contributed by atoms with Gasteiger partial charge in [-0.05, 0) is 6.07 Å². The van der Waals surface area contributed by atoms with Crippen molar-refractivity contribution < 1.29 is 14.5 Å². The van der Waals surface area contributed by atoms with E-state index in [9.17, 15) is 4.79 Å². The van der Waals surface area contributed by atoms with E-state index in [1.54, 1.807) is 0 Å². The number of carbonyl (C=O) groups is 1. The second kappa shape index (κ2) is 5.27. The van der Waals surface area contributed by atoms with Crippen molar-refractivity contribution in [3.63, 3.8) is 0 Å². The van der Waals surface area contributed by atoms with Gasteiger partial charge in [0.15, 0.2) is 18.9 Å². The number of aliphatic hydroxyl groups excluding tert-OH is 1. The summed E-state index contributed by atoms with van der Waals surface area (Å²) in [6.45, 7) is 0.934. The molecule has 1 heterocycles. The van der Waals surface area contributed by atoms with Crippen molar-refractivity contribution >= 4 is 12.1 Å². The Morgan fingerprint density at radius 3 is 3.15 bits per heavy atom. The highest BCUT2D eigenvalue weighted by Crippen LogP contribution is 1.99. The number of aliphatic hydroxyl groups is 1. The van der Waals surface area contributed by atoms with Crippen molar-refractivity contribution in [1.29, 1.82) is 0 Å². The van der Waals surface area contributed by atoms with Gasteiger partial charge in [-0.2, -0.15) is 0 Å². The van der Waals surface area contributed by atoms with Gasteiger partial charge in [-0.3, -0.25) is 4.79 Å². The Morgan fingerprint density at radius 2 is 2.46 bits per heavy atom. The van der Waals surface area contributed by atoms with Crippen LogP contribution >= 0.6 is 0 Å². The molecule has 13 heavy (non-hydrogen) atoms. The van der Waals surface area contributed by atoms with E-state index in [1.807, 2.05) is 29.1 Å². The maximum Gasteiger partial charge on any atom is 0.211 e. The van der Waals surface area contributed by atoms with Gasteiger partial charge in [-0.15, -0.1) is 0 Å². The minimum absolute atomic E-state index is 0.179. The third kappa shape index (κ3) is 3.21. The zero-order valence-corrected chi connectivity index (χ0v) is 7.31. The van der Waals surface area contributed by atoms with Crippen LogP contribution in [0.4, 0.5) is 5.69 Å². The van der Waals surface area contributed by atoms with Crippen molar-refractivity contribution in [3.05, 3.63) is 24.5 Å². The van der Waals surface area contributed by atoms with Gasteiger partial charge in [0.25, 0.3) is 0 Å². The van der Waals surface area contributed by atoms with E-state index in [-0.39, 0.29) is 6.61 Å². The predicted molar refractivity (Wildman–Crippen MR) is 48.0 cm³/mol. The smallest absolute Gasteiger partial charge is 0.211 e. The van der Waals surface area contributed by atoms with E-state index < -0.39 is 0 Å². The molecule has 1 rings (SSSR count). The second-order valence-corrected chi connectivity index (χ2v) is 2.67. The highest BCUT2D eigenvalue weighted by Gasteiger charge is 2.00. The summed E-state index contributed by atoms with van der Waals surface area (Å²) in [6.07, 6.45) is 5.08. The molecule has 0 bridgehead atoms. The van der Waals surface area contributed by atoms with Crippen molar-refractivity contribution in [1.82, 2.24) is 0 Å². The average Bonchev–Trinajstić information content (AvgIpc) is 2.16. The van der Waals surface area contributed by atoms with E-state index in [4.69, 9.17) is 5.11 Å². The first-order valence-electron chi connectivity index (χ1n) is 4.17. The molecule has 4 nitrogen and oxygen atoms in total. The molecule has 0 aromatic carbocycles. The molecule has 1 aromatic heterocycles. The Hall–Kier alpha value is -1.42. The fourth-order valence-corrected chi connectivity index (χ4v) is 1.07. The van der Waals surface area contributed by atoms with Crippen molar-refractivity contribution in [2.75, 3.05) is 11.9 Å². The molecule has 2 N–H and O–H groups in total. The molecule has 0 aliphatic carbocycles. The van der Waals surface area contributed by atoms with Crippen LogP contribution in [0.2, 0.25) is 0 Å². The normalized spacial score (nSPS) is 9.62. The molecule has 0 saturated heterocycles. The zero-order valence-electron chi connectivity index (χ0n) is 7.31. The summed E-state index contributed by atoms with van der Waals surface area (Å²) < 4.78 is 1.92. The lowest BCUT2D eigenvalue weighted by Gasteiger charge is -1.97. The Kier molecular flexibility index (Phi) is 3.92. The van der Waals surface area contributed by atoms with Crippen LogP contribution in [-0.4, -0.2) is 18.1 Å². The third-order valence-corrected chi connectivity index (χ3v) is 1.66. The Morgan fingerprint density at radius 1 is 1.62 bits per heavy atom. The predicted octanol–water partition coefficient (Wildman–Crippen LogP) is -0.0752. The van der Waals surface area contributed by atoms with Gasteiger partial charge in [0.1, 0.15) is 5.69 Å². The van der Waals surface area contributed by atoms with Gasteiger partial charge >= 0.3 is 0 Å². The Bertz CT molecular complexity index is 276. The maximum absolute atomic E-state index is 10.1. The maximum atomic E-state index is 10.1. The molecular weight excluding hydrogens is 168 g/mol. The van der Waals surface area contributed by atoms with E-state index in [1.165, 1.54) is 0 Å². The molecule has 0 radical (unpaired) electrons. The number of hydrogen-bond donors (Lipinski definition) is 2. The summed E-state index contributed by atoms with van der Waals surface area (Å²) in [7, 11) is 0. The SMILES string of the molecule is O=CNc1ccc[n+](CCCO)c1. The van der Waals surface area contributed by atoms with Crippen LogP contribution in [0.25, 0.3) is 0 Å². The molecule has 0 saturated carbocycles. The van der Waals surface area contributed by atoms with E-state index in [2.05, 4.69) is 5.32 Å². The number of hydrogen-bond acceptors (Lipinski definition) is 2. The van der Waals surface area contributed by atoms with Crippen LogP contribution in [0, 0.1) is 0 Å².